The summed E-state index contributed by atoms with van der Waals surface area (Å²) in [6.07, 6.45) is 0. The highest BCUT2D eigenvalue weighted by Crippen LogP contribution is 2.25. The number of ether oxygens (including phenoxy) is 1. The Morgan fingerprint density at radius 3 is 2.80 bits per heavy atom. The first kappa shape index (κ1) is 14.9. The lowest BCUT2D eigenvalue weighted by Crippen LogP contribution is -2.11. The SMILES string of the molecule is CCOc1ccc(NC(=O)c2ccc(Cl)o2)cc1CBr. The van der Waals surface area contributed by atoms with Crippen molar-refractivity contribution in [2.24, 2.45) is 0 Å². The Morgan fingerprint density at radius 2 is 2.20 bits per heavy atom. The molecule has 4 nitrogen and oxygen atoms in total. The highest BCUT2D eigenvalue weighted by molar-refractivity contribution is 9.08. The van der Waals surface area contributed by atoms with Gasteiger partial charge in [0.2, 0.25) is 0 Å². The van der Waals surface area contributed by atoms with Crippen molar-refractivity contribution >= 4 is 39.1 Å². The number of alkyl halides is 1. The minimum atomic E-state index is -0.346. The minimum Gasteiger partial charge on any atom is -0.494 e. The van der Waals surface area contributed by atoms with Crippen molar-refractivity contribution in [2.45, 2.75) is 12.3 Å². The maximum Gasteiger partial charge on any atom is 0.291 e. The lowest BCUT2D eigenvalue weighted by atomic mass is 10.2. The molecular weight excluding hydrogens is 346 g/mol. The second kappa shape index (κ2) is 6.81. The first-order chi connectivity index (χ1) is 9.63. The zero-order chi connectivity index (χ0) is 14.5. The molecule has 0 spiro atoms. The van der Waals surface area contributed by atoms with Gasteiger partial charge in [-0.05, 0) is 48.9 Å². The number of hydrogen-bond donors (Lipinski definition) is 1. The Bertz CT molecular complexity index is 612. The van der Waals surface area contributed by atoms with Gasteiger partial charge in [0.25, 0.3) is 5.91 Å². The van der Waals surface area contributed by atoms with Gasteiger partial charge in [-0.3, -0.25) is 4.79 Å². The van der Waals surface area contributed by atoms with Gasteiger partial charge in [-0.25, -0.2) is 0 Å². The van der Waals surface area contributed by atoms with Crippen LogP contribution < -0.4 is 10.1 Å². The van der Waals surface area contributed by atoms with Gasteiger partial charge in [0, 0.05) is 16.6 Å². The van der Waals surface area contributed by atoms with Gasteiger partial charge in [-0.15, -0.1) is 0 Å². The zero-order valence-electron chi connectivity index (χ0n) is 10.8. The van der Waals surface area contributed by atoms with Crippen molar-refractivity contribution in [1.29, 1.82) is 0 Å². The summed E-state index contributed by atoms with van der Waals surface area (Å²) in [7, 11) is 0. The molecule has 1 heterocycles. The fraction of sp³-hybridized carbons (Fsp3) is 0.214. The van der Waals surface area contributed by atoms with E-state index >= 15 is 0 Å². The van der Waals surface area contributed by atoms with E-state index in [9.17, 15) is 4.79 Å². The summed E-state index contributed by atoms with van der Waals surface area (Å²) in [5.41, 5.74) is 1.63. The second-order valence-corrected chi connectivity index (χ2v) is 4.88. The topological polar surface area (TPSA) is 51.5 Å². The third-order valence-electron chi connectivity index (χ3n) is 2.56. The van der Waals surface area contributed by atoms with Gasteiger partial charge in [0.15, 0.2) is 11.0 Å². The predicted octanol–water partition coefficient (Wildman–Crippen LogP) is 4.48. The molecule has 1 aromatic heterocycles. The molecule has 0 radical (unpaired) electrons. The summed E-state index contributed by atoms with van der Waals surface area (Å²) in [5.74, 6) is 0.620. The Kier molecular flexibility index (Phi) is 5.09. The second-order valence-electron chi connectivity index (χ2n) is 3.95. The van der Waals surface area contributed by atoms with Gasteiger partial charge in [0.1, 0.15) is 5.75 Å². The number of carbonyl (C=O) groups excluding carboxylic acids is 1. The number of amides is 1. The molecule has 0 fully saturated rings. The van der Waals surface area contributed by atoms with Crippen molar-refractivity contribution in [3.8, 4) is 5.75 Å². The van der Waals surface area contributed by atoms with E-state index < -0.39 is 0 Å². The molecule has 0 atom stereocenters. The van der Waals surface area contributed by atoms with Crippen LogP contribution in [0.15, 0.2) is 34.7 Å². The first-order valence-electron chi connectivity index (χ1n) is 6.02. The van der Waals surface area contributed by atoms with E-state index in [0.29, 0.717) is 17.6 Å². The van der Waals surface area contributed by atoms with Gasteiger partial charge >= 0.3 is 0 Å². The van der Waals surface area contributed by atoms with E-state index in [1.807, 2.05) is 19.1 Å². The molecule has 0 bridgehead atoms. The fourth-order valence-corrected chi connectivity index (χ4v) is 2.27. The smallest absolute Gasteiger partial charge is 0.291 e. The Labute approximate surface area is 130 Å². The molecular formula is C14H13BrClNO3. The molecule has 6 heteroatoms. The van der Waals surface area contributed by atoms with Crippen LogP contribution in [0.3, 0.4) is 0 Å². The summed E-state index contributed by atoms with van der Waals surface area (Å²) in [5, 5.41) is 3.57. The van der Waals surface area contributed by atoms with Gasteiger partial charge in [-0.2, -0.15) is 0 Å². The van der Waals surface area contributed by atoms with E-state index in [2.05, 4.69) is 21.2 Å². The predicted molar refractivity (Wildman–Crippen MR) is 81.9 cm³/mol. The van der Waals surface area contributed by atoms with E-state index in [4.69, 9.17) is 20.8 Å². The van der Waals surface area contributed by atoms with Crippen LogP contribution in [-0.4, -0.2) is 12.5 Å². The Balaban J connectivity index is 2.15. The molecule has 20 heavy (non-hydrogen) atoms. The van der Waals surface area contributed by atoms with Crippen LogP contribution in [-0.2, 0) is 5.33 Å². The average Bonchev–Trinajstić information content (AvgIpc) is 2.87. The first-order valence-corrected chi connectivity index (χ1v) is 7.52. The maximum atomic E-state index is 11.9. The number of rotatable bonds is 5. The fourth-order valence-electron chi connectivity index (χ4n) is 1.69. The van der Waals surface area contributed by atoms with Crippen LogP contribution in [0.4, 0.5) is 5.69 Å². The van der Waals surface area contributed by atoms with Crippen molar-refractivity contribution in [2.75, 3.05) is 11.9 Å². The molecule has 1 aromatic carbocycles. The summed E-state index contributed by atoms with van der Waals surface area (Å²) < 4.78 is 10.6. The number of benzene rings is 1. The van der Waals surface area contributed by atoms with Crippen LogP contribution >= 0.6 is 27.5 Å². The number of furan rings is 1. The molecule has 0 aliphatic heterocycles. The minimum absolute atomic E-state index is 0.171. The largest absolute Gasteiger partial charge is 0.494 e. The van der Waals surface area contributed by atoms with Crippen LogP contribution in [0.25, 0.3) is 0 Å². The van der Waals surface area contributed by atoms with Crippen LogP contribution in [0.1, 0.15) is 23.0 Å². The highest BCUT2D eigenvalue weighted by Gasteiger charge is 2.12. The lowest BCUT2D eigenvalue weighted by molar-refractivity contribution is 0.0997. The Morgan fingerprint density at radius 1 is 1.40 bits per heavy atom. The summed E-state index contributed by atoms with van der Waals surface area (Å²) in [6.45, 7) is 2.52. The van der Waals surface area contributed by atoms with Crippen LogP contribution in [0, 0.1) is 0 Å². The molecule has 2 rings (SSSR count). The summed E-state index contributed by atoms with van der Waals surface area (Å²) >= 11 is 9.04. The van der Waals surface area contributed by atoms with Crippen molar-refractivity contribution in [3.63, 3.8) is 0 Å². The van der Waals surface area contributed by atoms with Crippen LogP contribution in [0.5, 0.6) is 5.75 Å². The van der Waals surface area contributed by atoms with Gasteiger partial charge < -0.3 is 14.5 Å². The number of anilines is 1. The molecule has 1 amide bonds. The van der Waals surface area contributed by atoms with E-state index in [-0.39, 0.29) is 16.9 Å². The third kappa shape index (κ3) is 3.55. The molecule has 106 valence electrons. The zero-order valence-corrected chi connectivity index (χ0v) is 13.1. The number of nitrogens with one attached hydrogen (secondary N) is 1. The molecule has 0 unspecified atom stereocenters. The van der Waals surface area contributed by atoms with E-state index in [0.717, 1.165) is 11.3 Å². The van der Waals surface area contributed by atoms with Crippen molar-refractivity contribution < 1.29 is 13.9 Å². The molecule has 1 N–H and O–H groups in total. The highest BCUT2D eigenvalue weighted by atomic mass is 79.9. The number of halogens is 2. The number of carbonyl (C=O) groups is 1. The van der Waals surface area contributed by atoms with E-state index in [1.54, 1.807) is 6.07 Å². The maximum absolute atomic E-state index is 11.9. The van der Waals surface area contributed by atoms with Crippen LogP contribution in [0.2, 0.25) is 5.22 Å². The lowest BCUT2D eigenvalue weighted by Gasteiger charge is -2.10. The molecule has 0 saturated heterocycles. The molecule has 0 saturated carbocycles. The third-order valence-corrected chi connectivity index (χ3v) is 3.37. The average molecular weight is 359 g/mol. The quantitative estimate of drug-likeness (QED) is 0.802. The normalized spacial score (nSPS) is 10.3. The standard InChI is InChI=1S/C14H13BrClNO3/c1-2-19-11-4-3-10(7-9(11)8-15)17-14(18)12-5-6-13(16)20-12/h3-7H,2,8H2,1H3,(H,17,18). The number of hydrogen-bond acceptors (Lipinski definition) is 3. The van der Waals surface area contributed by atoms with Gasteiger partial charge in [-0.1, -0.05) is 15.9 Å². The van der Waals surface area contributed by atoms with Gasteiger partial charge in [0.05, 0.1) is 6.61 Å². The van der Waals surface area contributed by atoms with Crippen molar-refractivity contribution in [1.82, 2.24) is 0 Å². The van der Waals surface area contributed by atoms with Crippen molar-refractivity contribution in [3.05, 3.63) is 46.9 Å². The molecule has 2 aromatic rings. The monoisotopic (exact) mass is 357 g/mol. The van der Waals surface area contributed by atoms with E-state index in [1.165, 1.54) is 12.1 Å². The summed E-state index contributed by atoms with van der Waals surface area (Å²) in [4.78, 5) is 11.9. The molecule has 0 aliphatic carbocycles. The molecule has 0 aliphatic rings. The Hall–Kier alpha value is -1.46. The summed E-state index contributed by atoms with van der Waals surface area (Å²) in [6, 6.07) is 8.50.